The Morgan fingerprint density at radius 2 is 2.24 bits per heavy atom. The molecule has 0 fully saturated rings. The highest BCUT2D eigenvalue weighted by molar-refractivity contribution is 7.10. The van der Waals surface area contributed by atoms with E-state index in [1.54, 1.807) is 6.07 Å². The van der Waals surface area contributed by atoms with Crippen LogP contribution in [0.3, 0.4) is 0 Å². The van der Waals surface area contributed by atoms with Gasteiger partial charge in [-0.1, -0.05) is 12.1 Å². The fourth-order valence-corrected chi connectivity index (χ4v) is 2.20. The van der Waals surface area contributed by atoms with E-state index < -0.39 is 0 Å². The van der Waals surface area contributed by atoms with Gasteiger partial charge in [-0.2, -0.15) is 0 Å². The second kappa shape index (κ2) is 5.10. The van der Waals surface area contributed by atoms with E-state index in [0.717, 1.165) is 10.4 Å². The maximum atomic E-state index is 13.0. The van der Waals surface area contributed by atoms with E-state index in [0.29, 0.717) is 12.1 Å². The minimum Gasteiger partial charge on any atom is -0.325 e. The van der Waals surface area contributed by atoms with E-state index in [1.165, 1.54) is 23.5 Å². The van der Waals surface area contributed by atoms with E-state index in [4.69, 9.17) is 0 Å². The third kappa shape index (κ3) is 3.14. The summed E-state index contributed by atoms with van der Waals surface area (Å²) in [5.74, 6) is -0.469. The number of carbonyl (C=O) groups is 1. The number of hydrogen-bond acceptors (Lipinski definition) is 2. The minimum atomic E-state index is -0.345. The first-order chi connectivity index (χ1) is 8.15. The molecule has 0 aliphatic rings. The van der Waals surface area contributed by atoms with E-state index in [1.807, 2.05) is 24.4 Å². The van der Waals surface area contributed by atoms with Gasteiger partial charge >= 0.3 is 0 Å². The quantitative estimate of drug-likeness (QED) is 0.887. The van der Waals surface area contributed by atoms with Gasteiger partial charge in [0.25, 0.3) is 0 Å². The first-order valence-corrected chi connectivity index (χ1v) is 6.11. The fraction of sp³-hybridized carbons (Fsp3) is 0.154. The van der Waals surface area contributed by atoms with Gasteiger partial charge < -0.3 is 5.32 Å². The molecule has 2 aromatic rings. The van der Waals surface area contributed by atoms with Gasteiger partial charge in [-0.3, -0.25) is 4.79 Å². The van der Waals surface area contributed by atoms with Gasteiger partial charge in [0.1, 0.15) is 5.82 Å². The van der Waals surface area contributed by atoms with Crippen LogP contribution in [-0.4, -0.2) is 5.91 Å². The van der Waals surface area contributed by atoms with E-state index in [-0.39, 0.29) is 11.7 Å². The average Bonchev–Trinajstić information content (AvgIpc) is 2.76. The van der Waals surface area contributed by atoms with Gasteiger partial charge in [-0.05, 0) is 36.1 Å². The first-order valence-electron chi connectivity index (χ1n) is 5.23. The zero-order valence-electron chi connectivity index (χ0n) is 9.37. The van der Waals surface area contributed by atoms with Gasteiger partial charge in [0.15, 0.2) is 0 Å². The van der Waals surface area contributed by atoms with E-state index in [2.05, 4.69) is 5.32 Å². The molecule has 0 unspecified atom stereocenters. The molecule has 0 atom stereocenters. The largest absolute Gasteiger partial charge is 0.325 e. The number of hydrogen-bond donors (Lipinski definition) is 1. The van der Waals surface area contributed by atoms with E-state index in [9.17, 15) is 9.18 Å². The van der Waals surface area contributed by atoms with Crippen molar-refractivity contribution in [3.8, 4) is 0 Å². The third-order valence-electron chi connectivity index (χ3n) is 2.39. The van der Waals surface area contributed by atoms with Crippen molar-refractivity contribution in [1.82, 2.24) is 0 Å². The number of amides is 1. The molecule has 0 spiro atoms. The summed E-state index contributed by atoms with van der Waals surface area (Å²) in [6.45, 7) is 1.83. The molecule has 0 bridgehead atoms. The molecule has 0 aliphatic heterocycles. The molecular weight excluding hydrogens is 237 g/mol. The van der Waals surface area contributed by atoms with Crippen molar-refractivity contribution in [2.24, 2.45) is 0 Å². The van der Waals surface area contributed by atoms with Crippen molar-refractivity contribution in [2.45, 2.75) is 13.3 Å². The number of nitrogens with one attached hydrogen (secondary N) is 1. The monoisotopic (exact) mass is 249 g/mol. The van der Waals surface area contributed by atoms with Gasteiger partial charge in [0.05, 0.1) is 6.42 Å². The summed E-state index contributed by atoms with van der Waals surface area (Å²) in [4.78, 5) is 12.7. The van der Waals surface area contributed by atoms with Crippen molar-refractivity contribution in [3.63, 3.8) is 0 Å². The number of thiophene rings is 1. The smallest absolute Gasteiger partial charge is 0.229 e. The molecule has 1 aromatic carbocycles. The first kappa shape index (κ1) is 11.8. The Kier molecular flexibility index (Phi) is 3.54. The highest BCUT2D eigenvalue weighted by Crippen LogP contribution is 2.17. The second-order valence-electron chi connectivity index (χ2n) is 3.76. The number of carbonyl (C=O) groups excluding carboxylic acids is 1. The van der Waals surface area contributed by atoms with Crippen LogP contribution in [0.5, 0.6) is 0 Å². The van der Waals surface area contributed by atoms with Crippen molar-refractivity contribution in [2.75, 3.05) is 5.32 Å². The number of benzene rings is 1. The summed E-state index contributed by atoms with van der Waals surface area (Å²) in [5, 5.41) is 4.64. The molecule has 1 aromatic heterocycles. The Labute approximate surface area is 103 Å². The van der Waals surface area contributed by atoms with Gasteiger partial charge in [0.2, 0.25) is 5.91 Å². The van der Waals surface area contributed by atoms with Crippen LogP contribution in [0.2, 0.25) is 0 Å². The minimum absolute atomic E-state index is 0.124. The van der Waals surface area contributed by atoms with Gasteiger partial charge in [0, 0.05) is 10.6 Å². The maximum Gasteiger partial charge on any atom is 0.229 e. The SMILES string of the molecule is Cc1ccc(F)cc1NC(=O)Cc1cccs1. The lowest BCUT2D eigenvalue weighted by atomic mass is 10.2. The van der Waals surface area contributed by atoms with Crippen LogP contribution in [0.1, 0.15) is 10.4 Å². The van der Waals surface area contributed by atoms with Crippen LogP contribution in [-0.2, 0) is 11.2 Å². The Balaban J connectivity index is 2.05. The Bertz CT molecular complexity index is 522. The van der Waals surface area contributed by atoms with Crippen molar-refractivity contribution >= 4 is 22.9 Å². The number of halogens is 1. The fourth-order valence-electron chi connectivity index (χ4n) is 1.49. The zero-order chi connectivity index (χ0) is 12.3. The molecule has 0 radical (unpaired) electrons. The Hall–Kier alpha value is -1.68. The highest BCUT2D eigenvalue weighted by atomic mass is 32.1. The van der Waals surface area contributed by atoms with Gasteiger partial charge in [-0.25, -0.2) is 4.39 Å². The molecule has 17 heavy (non-hydrogen) atoms. The predicted molar refractivity (Wildman–Crippen MR) is 67.8 cm³/mol. The van der Waals surface area contributed by atoms with Crippen LogP contribution >= 0.6 is 11.3 Å². The summed E-state index contributed by atoms with van der Waals surface area (Å²) in [6, 6.07) is 8.17. The molecule has 0 saturated heterocycles. The van der Waals surface area contributed by atoms with E-state index >= 15 is 0 Å². The van der Waals surface area contributed by atoms with Crippen LogP contribution in [0.25, 0.3) is 0 Å². The van der Waals surface area contributed by atoms with Crippen molar-refractivity contribution in [1.29, 1.82) is 0 Å². The molecule has 4 heteroatoms. The Morgan fingerprint density at radius 3 is 2.94 bits per heavy atom. The van der Waals surface area contributed by atoms with Crippen LogP contribution < -0.4 is 5.32 Å². The van der Waals surface area contributed by atoms with Crippen molar-refractivity contribution < 1.29 is 9.18 Å². The lowest BCUT2D eigenvalue weighted by Crippen LogP contribution is -2.14. The predicted octanol–water partition coefficient (Wildman–Crippen LogP) is 3.38. The van der Waals surface area contributed by atoms with Gasteiger partial charge in [-0.15, -0.1) is 11.3 Å². The summed E-state index contributed by atoms with van der Waals surface area (Å²) in [7, 11) is 0. The molecule has 88 valence electrons. The lowest BCUT2D eigenvalue weighted by molar-refractivity contribution is -0.115. The molecule has 1 amide bonds. The zero-order valence-corrected chi connectivity index (χ0v) is 10.2. The van der Waals surface area contributed by atoms with Crippen LogP contribution in [0, 0.1) is 12.7 Å². The molecule has 2 nitrogen and oxygen atoms in total. The van der Waals surface area contributed by atoms with Crippen LogP contribution in [0.15, 0.2) is 35.7 Å². The highest BCUT2D eigenvalue weighted by Gasteiger charge is 2.07. The molecular formula is C13H12FNOS. The molecule has 0 saturated carbocycles. The summed E-state index contributed by atoms with van der Waals surface area (Å²) < 4.78 is 13.0. The molecule has 1 heterocycles. The van der Waals surface area contributed by atoms with Crippen molar-refractivity contribution in [3.05, 3.63) is 52.0 Å². The molecule has 2 rings (SSSR count). The topological polar surface area (TPSA) is 29.1 Å². The number of anilines is 1. The number of aryl methyl sites for hydroxylation is 1. The second-order valence-corrected chi connectivity index (χ2v) is 4.80. The number of rotatable bonds is 3. The summed E-state index contributed by atoms with van der Waals surface area (Å²) in [5.41, 5.74) is 1.39. The lowest BCUT2D eigenvalue weighted by Gasteiger charge is -2.07. The average molecular weight is 249 g/mol. The molecule has 0 aliphatic carbocycles. The standard InChI is InChI=1S/C13H12FNOS/c1-9-4-5-10(14)7-12(9)15-13(16)8-11-3-2-6-17-11/h2-7H,8H2,1H3,(H,15,16). The Morgan fingerprint density at radius 1 is 1.41 bits per heavy atom. The van der Waals surface area contributed by atoms with Crippen LogP contribution in [0.4, 0.5) is 10.1 Å². The summed E-state index contributed by atoms with van der Waals surface area (Å²) in [6.07, 6.45) is 0.327. The molecule has 1 N–H and O–H groups in total. The summed E-state index contributed by atoms with van der Waals surface area (Å²) >= 11 is 1.53. The normalized spacial score (nSPS) is 10.2. The maximum absolute atomic E-state index is 13.0. The third-order valence-corrected chi connectivity index (χ3v) is 3.26.